The Bertz CT molecular complexity index is 543. The molecule has 0 aromatic heterocycles. The van der Waals surface area contributed by atoms with Crippen LogP contribution in [0.15, 0.2) is 0 Å². The summed E-state index contributed by atoms with van der Waals surface area (Å²) in [6.07, 6.45) is -2.97. The second kappa shape index (κ2) is 12.0. The van der Waals surface area contributed by atoms with Crippen molar-refractivity contribution in [1.29, 1.82) is 0 Å². The molecule has 0 aromatic carbocycles. The molecular formula is C17H24F12O3. The van der Waals surface area contributed by atoms with Gasteiger partial charge in [0.2, 0.25) is 0 Å². The summed E-state index contributed by atoms with van der Waals surface area (Å²) in [7, 11) is 0. The van der Waals surface area contributed by atoms with Crippen molar-refractivity contribution < 1.29 is 67.3 Å². The molecule has 0 saturated heterocycles. The smallest absolute Gasteiger partial charge is 0.384 e. The zero-order valence-electron chi connectivity index (χ0n) is 16.8. The molecule has 0 bridgehead atoms. The summed E-state index contributed by atoms with van der Waals surface area (Å²) in [4.78, 5) is 0. The van der Waals surface area contributed by atoms with Crippen molar-refractivity contribution in [3.05, 3.63) is 0 Å². The van der Waals surface area contributed by atoms with Crippen molar-refractivity contribution in [1.82, 2.24) is 0 Å². The maximum atomic E-state index is 13.5. The summed E-state index contributed by atoms with van der Waals surface area (Å²) in [5.41, 5.74) is 0. The molecule has 0 aliphatic heterocycles. The Kier molecular flexibility index (Phi) is 11.6. The fourth-order valence-corrected chi connectivity index (χ4v) is 2.26. The quantitative estimate of drug-likeness (QED) is 0.201. The zero-order valence-corrected chi connectivity index (χ0v) is 16.8. The van der Waals surface area contributed by atoms with Crippen molar-refractivity contribution >= 4 is 0 Å². The van der Waals surface area contributed by atoms with E-state index in [1.54, 1.807) is 0 Å². The molecule has 194 valence electrons. The van der Waals surface area contributed by atoms with Crippen LogP contribution in [0.1, 0.15) is 39.0 Å². The van der Waals surface area contributed by atoms with Gasteiger partial charge >= 0.3 is 36.0 Å². The van der Waals surface area contributed by atoms with E-state index in [1.165, 1.54) is 0 Å². The average molecular weight is 504 g/mol. The molecule has 1 unspecified atom stereocenters. The van der Waals surface area contributed by atoms with Gasteiger partial charge in [-0.1, -0.05) is 32.6 Å². The Morgan fingerprint density at radius 1 is 0.688 bits per heavy atom. The Morgan fingerprint density at radius 3 is 1.69 bits per heavy atom. The molecule has 0 radical (unpaired) electrons. The first-order valence-corrected chi connectivity index (χ1v) is 9.40. The molecule has 0 rings (SSSR count). The van der Waals surface area contributed by atoms with Gasteiger partial charge in [0.15, 0.2) is 0 Å². The number of hydrogen-bond acceptors (Lipinski definition) is 3. The van der Waals surface area contributed by atoms with Crippen LogP contribution in [-0.2, 0) is 9.47 Å². The normalized spacial score (nSPS) is 15.5. The molecular weight excluding hydrogens is 480 g/mol. The summed E-state index contributed by atoms with van der Waals surface area (Å²) >= 11 is 0. The van der Waals surface area contributed by atoms with Crippen molar-refractivity contribution in [3.8, 4) is 0 Å². The molecule has 0 spiro atoms. The van der Waals surface area contributed by atoms with E-state index in [-0.39, 0.29) is 6.61 Å². The second-order valence-corrected chi connectivity index (χ2v) is 7.01. The van der Waals surface area contributed by atoms with E-state index in [0.29, 0.717) is 6.42 Å². The van der Waals surface area contributed by atoms with E-state index < -0.39 is 62.0 Å². The number of rotatable bonds is 17. The molecule has 0 aliphatic rings. The highest BCUT2D eigenvalue weighted by atomic mass is 19.4. The number of aliphatic hydroxyl groups excluding tert-OH is 1. The first kappa shape index (κ1) is 31.0. The fourth-order valence-electron chi connectivity index (χ4n) is 2.26. The van der Waals surface area contributed by atoms with Crippen molar-refractivity contribution in [2.24, 2.45) is 0 Å². The lowest BCUT2D eigenvalue weighted by Crippen LogP contribution is -2.69. The molecule has 0 saturated carbocycles. The van der Waals surface area contributed by atoms with E-state index in [4.69, 9.17) is 4.74 Å². The van der Waals surface area contributed by atoms with E-state index in [9.17, 15) is 57.8 Å². The number of hydrogen-bond donors (Lipinski definition) is 1. The van der Waals surface area contributed by atoms with E-state index in [0.717, 1.165) is 25.7 Å². The number of halogens is 12. The number of ether oxygens (including phenoxy) is 2. The predicted octanol–water partition coefficient (Wildman–Crippen LogP) is 5.79. The molecule has 1 N–H and O–H groups in total. The Balaban J connectivity index is 4.87. The van der Waals surface area contributed by atoms with Crippen LogP contribution in [0.25, 0.3) is 0 Å². The van der Waals surface area contributed by atoms with Crippen LogP contribution in [-0.4, -0.2) is 73.7 Å². The van der Waals surface area contributed by atoms with Gasteiger partial charge < -0.3 is 14.6 Å². The summed E-state index contributed by atoms with van der Waals surface area (Å²) in [5.74, 6) is -35.6. The monoisotopic (exact) mass is 504 g/mol. The molecule has 0 aliphatic carbocycles. The van der Waals surface area contributed by atoms with Gasteiger partial charge in [-0.25, -0.2) is 8.78 Å². The van der Waals surface area contributed by atoms with E-state index >= 15 is 0 Å². The topological polar surface area (TPSA) is 38.7 Å². The largest absolute Gasteiger partial charge is 0.388 e. The van der Waals surface area contributed by atoms with Gasteiger partial charge in [-0.05, 0) is 6.42 Å². The van der Waals surface area contributed by atoms with Gasteiger partial charge in [0.25, 0.3) is 0 Å². The average Bonchev–Trinajstić information content (AvgIpc) is 2.66. The first-order valence-electron chi connectivity index (χ1n) is 9.40. The maximum Gasteiger partial charge on any atom is 0.384 e. The van der Waals surface area contributed by atoms with Gasteiger partial charge in [0, 0.05) is 6.61 Å². The van der Waals surface area contributed by atoms with Gasteiger partial charge in [0.05, 0.1) is 13.2 Å². The van der Waals surface area contributed by atoms with Crippen LogP contribution in [0.5, 0.6) is 0 Å². The Morgan fingerprint density at radius 2 is 1.19 bits per heavy atom. The molecule has 0 heterocycles. The van der Waals surface area contributed by atoms with Crippen LogP contribution >= 0.6 is 0 Å². The third-order valence-electron chi connectivity index (χ3n) is 4.24. The summed E-state index contributed by atoms with van der Waals surface area (Å²) in [6.45, 7) is -2.28. The van der Waals surface area contributed by atoms with Crippen LogP contribution in [0.3, 0.4) is 0 Å². The minimum atomic E-state index is -7.59. The highest BCUT2D eigenvalue weighted by Crippen LogP contribution is 2.58. The maximum absolute atomic E-state index is 13.5. The summed E-state index contributed by atoms with van der Waals surface area (Å²) in [6, 6.07) is 0. The number of aliphatic hydroxyl groups is 1. The van der Waals surface area contributed by atoms with Crippen LogP contribution < -0.4 is 0 Å². The molecule has 0 fully saturated rings. The molecule has 15 heteroatoms. The summed E-state index contributed by atoms with van der Waals surface area (Å²) < 4.78 is 165. The lowest BCUT2D eigenvalue weighted by molar-refractivity contribution is -0.415. The minimum Gasteiger partial charge on any atom is -0.388 e. The van der Waals surface area contributed by atoms with Crippen LogP contribution in [0.2, 0.25) is 0 Å². The number of alkyl halides is 12. The van der Waals surface area contributed by atoms with Crippen molar-refractivity contribution in [2.75, 3.05) is 26.4 Å². The molecule has 0 aromatic rings. The highest BCUT2D eigenvalue weighted by molar-refractivity contribution is 5.09. The summed E-state index contributed by atoms with van der Waals surface area (Å²) in [5, 5.41) is 9.41. The predicted molar refractivity (Wildman–Crippen MR) is 87.1 cm³/mol. The third kappa shape index (κ3) is 7.02. The lowest BCUT2D eigenvalue weighted by atomic mass is 9.94. The van der Waals surface area contributed by atoms with Crippen molar-refractivity contribution in [2.45, 2.75) is 81.2 Å². The lowest BCUT2D eigenvalue weighted by Gasteiger charge is -2.39. The van der Waals surface area contributed by atoms with Crippen LogP contribution in [0, 0.1) is 0 Å². The standard InChI is InChI=1S/C17H24F12O3/c1-2-3-4-5-6-7-31-8-11(30)9-32-10-13(20,21)15(24,25)17(28,29)16(26,27)14(22,23)12(18)19/h11-12,30H,2-10H2,1H3. The van der Waals surface area contributed by atoms with E-state index in [1.807, 2.05) is 6.92 Å². The van der Waals surface area contributed by atoms with E-state index in [2.05, 4.69) is 4.74 Å². The van der Waals surface area contributed by atoms with Gasteiger partial charge in [-0.3, -0.25) is 0 Å². The minimum absolute atomic E-state index is 0.147. The first-order chi connectivity index (χ1) is 14.4. The zero-order chi connectivity index (χ0) is 25.4. The molecule has 32 heavy (non-hydrogen) atoms. The van der Waals surface area contributed by atoms with Crippen molar-refractivity contribution in [3.63, 3.8) is 0 Å². The SMILES string of the molecule is CCCCCCCOCC(O)COCC(F)(F)C(F)(F)C(F)(F)C(F)(F)C(F)(F)C(F)F. The second-order valence-electron chi connectivity index (χ2n) is 7.01. The van der Waals surface area contributed by atoms with Gasteiger partial charge in [-0.2, -0.15) is 43.9 Å². The van der Waals surface area contributed by atoms with Crippen LogP contribution in [0.4, 0.5) is 52.7 Å². The van der Waals surface area contributed by atoms with Gasteiger partial charge in [-0.15, -0.1) is 0 Å². The fraction of sp³-hybridized carbons (Fsp3) is 1.00. The Hall–Kier alpha value is -0.960. The Labute approximate surface area is 176 Å². The highest BCUT2D eigenvalue weighted by Gasteiger charge is 2.87. The molecule has 1 atom stereocenters. The molecule has 0 amide bonds. The van der Waals surface area contributed by atoms with Gasteiger partial charge in [0.1, 0.15) is 12.7 Å². The third-order valence-corrected chi connectivity index (χ3v) is 4.24. The number of unbranched alkanes of at least 4 members (excludes halogenated alkanes) is 4. The molecule has 3 nitrogen and oxygen atoms in total.